The van der Waals surface area contributed by atoms with Crippen molar-refractivity contribution in [2.45, 2.75) is 26.2 Å². The van der Waals surface area contributed by atoms with Crippen molar-refractivity contribution < 1.29 is 5.11 Å². The van der Waals surface area contributed by atoms with Crippen molar-refractivity contribution >= 4 is 11.8 Å². The molecule has 1 fully saturated rings. The number of nitrogens with zero attached hydrogens (tertiary/aromatic N) is 2. The van der Waals surface area contributed by atoms with Crippen LogP contribution in [0.15, 0.2) is 6.20 Å². The number of hydrogen-bond acceptors (Lipinski definition) is 5. The van der Waals surface area contributed by atoms with E-state index in [2.05, 4.69) is 15.3 Å². The molecule has 1 aromatic rings. The van der Waals surface area contributed by atoms with Crippen molar-refractivity contribution in [1.82, 2.24) is 9.97 Å². The Bertz CT molecular complexity index is 376. The lowest BCUT2D eigenvalue weighted by Crippen LogP contribution is -2.18. The van der Waals surface area contributed by atoms with Gasteiger partial charge in [-0.15, -0.1) is 0 Å². The predicted molar refractivity (Wildman–Crippen MR) is 63.0 cm³/mol. The second-order valence-corrected chi connectivity index (χ2v) is 4.59. The van der Waals surface area contributed by atoms with Gasteiger partial charge in [-0.25, -0.2) is 4.98 Å². The van der Waals surface area contributed by atoms with Gasteiger partial charge in [-0.3, -0.25) is 0 Å². The zero-order chi connectivity index (χ0) is 11.6. The number of aryl methyl sites for hydroxylation is 1. The molecule has 5 heteroatoms. The Hall–Kier alpha value is -1.36. The number of aromatic nitrogens is 2. The highest BCUT2D eigenvalue weighted by atomic mass is 16.3. The summed E-state index contributed by atoms with van der Waals surface area (Å²) in [5, 5.41) is 12.3. The van der Waals surface area contributed by atoms with Gasteiger partial charge in [-0.2, -0.15) is 4.98 Å². The molecule has 0 spiro atoms. The van der Waals surface area contributed by atoms with Crippen LogP contribution in [0.25, 0.3) is 0 Å². The fourth-order valence-corrected chi connectivity index (χ4v) is 1.83. The van der Waals surface area contributed by atoms with Crippen molar-refractivity contribution in [3.63, 3.8) is 0 Å². The third-order valence-electron chi connectivity index (χ3n) is 3.22. The van der Waals surface area contributed by atoms with Crippen molar-refractivity contribution in [2.75, 3.05) is 24.2 Å². The third-order valence-corrected chi connectivity index (χ3v) is 3.22. The number of hydrogen-bond donors (Lipinski definition) is 3. The number of aliphatic hydroxyl groups excluding tert-OH is 1. The topological polar surface area (TPSA) is 84.1 Å². The minimum atomic E-state index is 0.257. The van der Waals surface area contributed by atoms with Crippen molar-refractivity contribution in [1.29, 1.82) is 0 Å². The average molecular weight is 222 g/mol. The van der Waals surface area contributed by atoms with Crippen LogP contribution in [0.2, 0.25) is 0 Å². The molecule has 0 saturated heterocycles. The van der Waals surface area contributed by atoms with Crippen LogP contribution in [-0.4, -0.2) is 28.2 Å². The van der Waals surface area contributed by atoms with E-state index in [0.717, 1.165) is 24.3 Å². The van der Waals surface area contributed by atoms with Gasteiger partial charge in [0.05, 0.1) is 0 Å². The first kappa shape index (κ1) is 11.1. The molecule has 16 heavy (non-hydrogen) atoms. The molecule has 4 N–H and O–H groups in total. The smallest absolute Gasteiger partial charge is 0.221 e. The summed E-state index contributed by atoms with van der Waals surface area (Å²) in [7, 11) is 0. The first-order valence-electron chi connectivity index (χ1n) is 5.59. The zero-order valence-corrected chi connectivity index (χ0v) is 9.53. The molecule has 0 aliphatic heterocycles. The number of nitrogens with one attached hydrogen (secondary N) is 1. The van der Waals surface area contributed by atoms with Gasteiger partial charge in [0.15, 0.2) is 0 Å². The van der Waals surface area contributed by atoms with Gasteiger partial charge in [0, 0.05) is 24.9 Å². The van der Waals surface area contributed by atoms with Gasteiger partial charge < -0.3 is 16.2 Å². The van der Waals surface area contributed by atoms with E-state index in [9.17, 15) is 0 Å². The number of rotatable bonds is 5. The molecule has 1 aromatic heterocycles. The number of nitrogens with two attached hydrogens (primary N) is 1. The molecule has 0 radical (unpaired) electrons. The molecule has 0 bridgehead atoms. The minimum absolute atomic E-state index is 0.257. The Morgan fingerprint density at radius 2 is 2.31 bits per heavy atom. The second-order valence-electron chi connectivity index (χ2n) is 4.59. The van der Waals surface area contributed by atoms with E-state index in [1.54, 1.807) is 6.20 Å². The van der Waals surface area contributed by atoms with Gasteiger partial charge in [0.25, 0.3) is 0 Å². The third kappa shape index (κ3) is 2.41. The van der Waals surface area contributed by atoms with Crippen LogP contribution in [-0.2, 0) is 0 Å². The van der Waals surface area contributed by atoms with Crippen LogP contribution < -0.4 is 11.1 Å². The Balaban J connectivity index is 1.97. The SMILES string of the molecule is Cc1cnc(N)nc1NCC1(CCO)CC1. The molecule has 1 aliphatic rings. The van der Waals surface area contributed by atoms with Crippen LogP contribution in [0.3, 0.4) is 0 Å². The maximum atomic E-state index is 8.96. The lowest BCUT2D eigenvalue weighted by molar-refractivity contribution is 0.253. The summed E-state index contributed by atoms with van der Waals surface area (Å²) in [5.74, 6) is 1.09. The monoisotopic (exact) mass is 222 g/mol. The maximum Gasteiger partial charge on any atom is 0.221 e. The lowest BCUT2D eigenvalue weighted by atomic mass is 10.0. The second kappa shape index (κ2) is 4.25. The van der Waals surface area contributed by atoms with Crippen LogP contribution in [0.4, 0.5) is 11.8 Å². The minimum Gasteiger partial charge on any atom is -0.396 e. The highest BCUT2D eigenvalue weighted by Crippen LogP contribution is 2.48. The summed E-state index contributed by atoms with van der Waals surface area (Å²) in [6.45, 7) is 3.06. The van der Waals surface area contributed by atoms with E-state index < -0.39 is 0 Å². The van der Waals surface area contributed by atoms with E-state index >= 15 is 0 Å². The number of anilines is 2. The quantitative estimate of drug-likeness (QED) is 0.690. The Morgan fingerprint density at radius 3 is 2.94 bits per heavy atom. The molecule has 1 aliphatic carbocycles. The highest BCUT2D eigenvalue weighted by Gasteiger charge is 2.41. The molecule has 0 unspecified atom stereocenters. The average Bonchev–Trinajstić information content (AvgIpc) is 3.01. The molecule has 5 nitrogen and oxygen atoms in total. The largest absolute Gasteiger partial charge is 0.396 e. The first-order valence-corrected chi connectivity index (χ1v) is 5.59. The van der Waals surface area contributed by atoms with Gasteiger partial charge >= 0.3 is 0 Å². The van der Waals surface area contributed by atoms with E-state index in [-0.39, 0.29) is 12.0 Å². The summed E-state index contributed by atoms with van der Waals surface area (Å²) >= 11 is 0. The summed E-state index contributed by atoms with van der Waals surface area (Å²) < 4.78 is 0. The van der Waals surface area contributed by atoms with Crippen molar-refractivity contribution in [3.05, 3.63) is 11.8 Å². The predicted octanol–water partition coefficient (Wildman–Crippen LogP) is 0.942. The first-order chi connectivity index (χ1) is 7.65. The van der Waals surface area contributed by atoms with Crippen LogP contribution in [0, 0.1) is 12.3 Å². The normalized spacial score (nSPS) is 17.1. The Kier molecular flexibility index (Phi) is 2.96. The van der Waals surface area contributed by atoms with Crippen LogP contribution in [0.5, 0.6) is 0 Å². The fourth-order valence-electron chi connectivity index (χ4n) is 1.83. The molecule has 1 heterocycles. The van der Waals surface area contributed by atoms with Crippen LogP contribution in [0.1, 0.15) is 24.8 Å². The number of aliphatic hydroxyl groups is 1. The van der Waals surface area contributed by atoms with E-state index in [1.807, 2.05) is 6.92 Å². The van der Waals surface area contributed by atoms with Gasteiger partial charge in [0.2, 0.25) is 5.95 Å². The lowest BCUT2D eigenvalue weighted by Gasteiger charge is -2.16. The Labute approximate surface area is 95.1 Å². The van der Waals surface area contributed by atoms with E-state index in [0.29, 0.717) is 5.95 Å². The zero-order valence-electron chi connectivity index (χ0n) is 9.53. The molecule has 2 rings (SSSR count). The number of nitrogen functional groups attached to an aromatic ring is 1. The van der Waals surface area contributed by atoms with Gasteiger partial charge in [0.1, 0.15) is 5.82 Å². The van der Waals surface area contributed by atoms with E-state index in [1.165, 1.54) is 12.8 Å². The molecule has 0 atom stereocenters. The van der Waals surface area contributed by atoms with Crippen molar-refractivity contribution in [2.24, 2.45) is 5.41 Å². The summed E-state index contributed by atoms with van der Waals surface area (Å²) in [5.41, 5.74) is 6.81. The summed E-state index contributed by atoms with van der Waals surface area (Å²) in [4.78, 5) is 8.08. The molecular weight excluding hydrogens is 204 g/mol. The van der Waals surface area contributed by atoms with E-state index in [4.69, 9.17) is 10.8 Å². The Morgan fingerprint density at radius 1 is 1.56 bits per heavy atom. The van der Waals surface area contributed by atoms with Crippen LogP contribution >= 0.6 is 0 Å². The maximum absolute atomic E-state index is 8.96. The van der Waals surface area contributed by atoms with Gasteiger partial charge in [-0.05, 0) is 31.6 Å². The highest BCUT2D eigenvalue weighted by molar-refractivity contribution is 5.45. The molecule has 88 valence electrons. The van der Waals surface area contributed by atoms with Gasteiger partial charge in [-0.1, -0.05) is 0 Å². The summed E-state index contributed by atoms with van der Waals surface area (Å²) in [6.07, 6.45) is 4.94. The standard InChI is InChI=1S/C11H18N4O/c1-8-6-13-10(12)15-9(8)14-7-11(2-3-11)4-5-16/h6,16H,2-5,7H2,1H3,(H3,12,13,14,15). The molecule has 1 saturated carbocycles. The molecular formula is C11H18N4O. The fraction of sp³-hybridized carbons (Fsp3) is 0.636. The summed E-state index contributed by atoms with van der Waals surface area (Å²) in [6, 6.07) is 0. The van der Waals surface area contributed by atoms with Crippen molar-refractivity contribution in [3.8, 4) is 0 Å². The molecule has 0 amide bonds. The molecule has 0 aromatic carbocycles.